The molecule has 0 bridgehead atoms. The summed E-state index contributed by atoms with van der Waals surface area (Å²) in [5.41, 5.74) is 2.04. The molecule has 1 N–H and O–H groups in total. The van der Waals surface area contributed by atoms with E-state index in [9.17, 15) is 0 Å². The lowest BCUT2D eigenvalue weighted by Gasteiger charge is -2.07. The highest BCUT2D eigenvalue weighted by Crippen LogP contribution is 2.22. The van der Waals surface area contributed by atoms with E-state index in [1.54, 1.807) is 18.0 Å². The second-order valence-corrected chi connectivity index (χ2v) is 5.06. The van der Waals surface area contributed by atoms with Crippen molar-refractivity contribution in [2.45, 2.75) is 37.4 Å². The van der Waals surface area contributed by atoms with E-state index in [1.165, 1.54) is 5.69 Å². The fourth-order valence-electron chi connectivity index (χ4n) is 1.76. The first kappa shape index (κ1) is 13.2. The number of thioether (sulfide) groups is 1. The van der Waals surface area contributed by atoms with Crippen molar-refractivity contribution in [3.63, 3.8) is 0 Å². The number of rotatable bonds is 6. The zero-order valence-electron chi connectivity index (χ0n) is 10.7. The van der Waals surface area contributed by atoms with Gasteiger partial charge in [0.25, 0.3) is 0 Å². The van der Waals surface area contributed by atoms with Gasteiger partial charge in [0.1, 0.15) is 0 Å². The lowest BCUT2D eigenvalue weighted by Crippen LogP contribution is -2.01. The lowest BCUT2D eigenvalue weighted by atomic mass is 10.4. The van der Waals surface area contributed by atoms with Crippen LogP contribution in [0, 0.1) is 0 Å². The van der Waals surface area contributed by atoms with Crippen molar-refractivity contribution in [3.05, 3.63) is 30.1 Å². The van der Waals surface area contributed by atoms with Crippen molar-refractivity contribution in [1.29, 1.82) is 0 Å². The largest absolute Gasteiger partial charge is 0.390 e. The predicted molar refractivity (Wildman–Crippen MR) is 71.2 cm³/mol. The Hall–Kier alpha value is -1.27. The molecule has 2 heterocycles. The summed E-state index contributed by atoms with van der Waals surface area (Å²) in [5, 5.41) is 10.0. The van der Waals surface area contributed by atoms with Crippen molar-refractivity contribution < 1.29 is 5.11 Å². The quantitative estimate of drug-likeness (QED) is 0.810. The standard InChI is InChI=1S/C12H18N4OS/c1-3-4-16-9-13-5-11(16)8-18-12-14-6-10(7-17)15(12)2/h5-6,9,17H,3-4,7-8H2,1-2H3. The highest BCUT2D eigenvalue weighted by atomic mass is 32.2. The number of aromatic nitrogens is 4. The maximum atomic E-state index is 9.11. The van der Waals surface area contributed by atoms with Crippen LogP contribution in [-0.2, 0) is 26.0 Å². The van der Waals surface area contributed by atoms with E-state index in [0.717, 1.165) is 29.6 Å². The van der Waals surface area contributed by atoms with Crippen molar-refractivity contribution in [3.8, 4) is 0 Å². The summed E-state index contributed by atoms with van der Waals surface area (Å²) in [7, 11) is 1.92. The average molecular weight is 266 g/mol. The van der Waals surface area contributed by atoms with Crippen LogP contribution in [0.1, 0.15) is 24.7 Å². The van der Waals surface area contributed by atoms with Crippen LogP contribution in [0.2, 0.25) is 0 Å². The van der Waals surface area contributed by atoms with Gasteiger partial charge in [0.05, 0.1) is 24.8 Å². The third-order valence-corrected chi connectivity index (χ3v) is 3.89. The van der Waals surface area contributed by atoms with Gasteiger partial charge in [-0.25, -0.2) is 9.97 Å². The number of hydrogen-bond acceptors (Lipinski definition) is 4. The number of nitrogens with zero attached hydrogens (tertiary/aromatic N) is 4. The van der Waals surface area contributed by atoms with Gasteiger partial charge in [0.2, 0.25) is 0 Å². The van der Waals surface area contributed by atoms with E-state index in [-0.39, 0.29) is 6.61 Å². The van der Waals surface area contributed by atoms with Crippen LogP contribution in [0.5, 0.6) is 0 Å². The first-order valence-corrected chi connectivity index (χ1v) is 6.98. The van der Waals surface area contributed by atoms with Crippen molar-refractivity contribution in [1.82, 2.24) is 19.1 Å². The minimum atomic E-state index is 0.0256. The zero-order chi connectivity index (χ0) is 13.0. The summed E-state index contributed by atoms with van der Waals surface area (Å²) in [6.45, 7) is 3.18. The topological polar surface area (TPSA) is 55.9 Å². The molecule has 0 aliphatic rings. The van der Waals surface area contributed by atoms with E-state index in [1.807, 2.05) is 24.1 Å². The molecular weight excluding hydrogens is 248 g/mol. The summed E-state index contributed by atoms with van der Waals surface area (Å²) in [6, 6.07) is 0. The second kappa shape index (κ2) is 6.06. The summed E-state index contributed by atoms with van der Waals surface area (Å²) in [4.78, 5) is 8.48. The molecule has 0 spiro atoms. The van der Waals surface area contributed by atoms with Crippen LogP contribution in [0.3, 0.4) is 0 Å². The molecule has 0 aromatic carbocycles. The van der Waals surface area contributed by atoms with Crippen molar-refractivity contribution in [2.24, 2.45) is 7.05 Å². The van der Waals surface area contributed by atoms with E-state index >= 15 is 0 Å². The molecule has 0 aliphatic heterocycles. The number of aryl methyl sites for hydroxylation is 1. The smallest absolute Gasteiger partial charge is 0.168 e. The van der Waals surface area contributed by atoms with Gasteiger partial charge in [-0.15, -0.1) is 0 Å². The molecule has 2 aromatic rings. The SMILES string of the molecule is CCCn1cncc1CSc1ncc(CO)n1C. The highest BCUT2D eigenvalue weighted by Gasteiger charge is 2.08. The minimum absolute atomic E-state index is 0.0256. The highest BCUT2D eigenvalue weighted by molar-refractivity contribution is 7.98. The molecule has 0 amide bonds. The number of aliphatic hydroxyl groups is 1. The molecule has 2 aromatic heterocycles. The normalized spacial score (nSPS) is 11.1. The molecule has 18 heavy (non-hydrogen) atoms. The van der Waals surface area contributed by atoms with Crippen LogP contribution >= 0.6 is 11.8 Å². The van der Waals surface area contributed by atoms with Gasteiger partial charge in [-0.05, 0) is 6.42 Å². The minimum Gasteiger partial charge on any atom is -0.390 e. The third kappa shape index (κ3) is 2.76. The molecular formula is C12H18N4OS. The summed E-state index contributed by atoms with van der Waals surface area (Å²) in [5.74, 6) is 0.843. The van der Waals surface area contributed by atoms with Gasteiger partial charge in [-0.1, -0.05) is 18.7 Å². The Bertz CT molecular complexity index is 506. The Kier molecular flexibility index (Phi) is 4.43. The fourth-order valence-corrected chi connectivity index (χ4v) is 2.71. The summed E-state index contributed by atoms with van der Waals surface area (Å²) in [6.07, 6.45) is 6.59. The monoisotopic (exact) mass is 266 g/mol. The van der Waals surface area contributed by atoms with Gasteiger partial charge in [0.15, 0.2) is 5.16 Å². The van der Waals surface area contributed by atoms with Gasteiger partial charge in [-0.2, -0.15) is 0 Å². The molecule has 0 saturated heterocycles. The zero-order valence-corrected chi connectivity index (χ0v) is 11.5. The Morgan fingerprint density at radius 1 is 1.33 bits per heavy atom. The summed E-state index contributed by atoms with van der Waals surface area (Å²) < 4.78 is 4.09. The lowest BCUT2D eigenvalue weighted by molar-refractivity contribution is 0.271. The molecule has 0 unspecified atom stereocenters. The molecule has 5 nitrogen and oxygen atoms in total. The first-order valence-electron chi connectivity index (χ1n) is 5.99. The van der Waals surface area contributed by atoms with Gasteiger partial charge in [0, 0.05) is 31.2 Å². The van der Waals surface area contributed by atoms with E-state index < -0.39 is 0 Å². The molecule has 98 valence electrons. The van der Waals surface area contributed by atoms with Gasteiger partial charge >= 0.3 is 0 Å². The third-order valence-electron chi connectivity index (χ3n) is 2.82. The Morgan fingerprint density at radius 3 is 2.83 bits per heavy atom. The maximum Gasteiger partial charge on any atom is 0.168 e. The Balaban J connectivity index is 2.02. The maximum absolute atomic E-state index is 9.11. The van der Waals surface area contributed by atoms with Crippen molar-refractivity contribution in [2.75, 3.05) is 0 Å². The van der Waals surface area contributed by atoms with Crippen LogP contribution < -0.4 is 0 Å². The fraction of sp³-hybridized carbons (Fsp3) is 0.500. The molecule has 0 atom stereocenters. The molecule has 0 radical (unpaired) electrons. The first-order chi connectivity index (χ1) is 8.76. The van der Waals surface area contributed by atoms with Gasteiger partial charge < -0.3 is 14.2 Å². The molecule has 6 heteroatoms. The number of imidazole rings is 2. The Morgan fingerprint density at radius 2 is 2.17 bits per heavy atom. The Labute approximate surface area is 111 Å². The number of hydrogen-bond donors (Lipinski definition) is 1. The average Bonchev–Trinajstić information content (AvgIpc) is 2.94. The molecule has 0 fully saturated rings. The van der Waals surface area contributed by atoms with Crippen LogP contribution in [-0.4, -0.2) is 24.2 Å². The van der Waals surface area contributed by atoms with Gasteiger partial charge in [-0.3, -0.25) is 0 Å². The predicted octanol–water partition coefficient (Wildman–Crippen LogP) is 1.81. The van der Waals surface area contributed by atoms with Crippen LogP contribution in [0.25, 0.3) is 0 Å². The van der Waals surface area contributed by atoms with E-state index in [4.69, 9.17) is 5.11 Å². The second-order valence-electron chi connectivity index (χ2n) is 4.12. The van der Waals surface area contributed by atoms with E-state index in [2.05, 4.69) is 21.5 Å². The molecule has 2 rings (SSSR count). The molecule has 0 aliphatic carbocycles. The molecule has 0 saturated carbocycles. The van der Waals surface area contributed by atoms with Crippen molar-refractivity contribution >= 4 is 11.8 Å². The van der Waals surface area contributed by atoms with Crippen LogP contribution in [0.4, 0.5) is 0 Å². The van der Waals surface area contributed by atoms with E-state index in [0.29, 0.717) is 0 Å². The summed E-state index contributed by atoms with van der Waals surface area (Å²) >= 11 is 1.66. The van der Waals surface area contributed by atoms with Crippen LogP contribution in [0.15, 0.2) is 23.9 Å². The number of aliphatic hydroxyl groups excluding tert-OH is 1.